The van der Waals surface area contributed by atoms with Crippen molar-refractivity contribution >= 4 is 57.5 Å². The molecule has 0 bridgehead atoms. The Kier molecular flexibility index (Phi) is 16.4. The Morgan fingerprint density at radius 1 is 0.525 bits per heavy atom. The van der Waals surface area contributed by atoms with E-state index in [1.54, 1.807) is 51.3 Å². The zero-order chi connectivity index (χ0) is 44.7. The number of hydrazone groups is 2. The summed E-state index contributed by atoms with van der Waals surface area (Å²) in [5, 5.41) is 9.37. The summed E-state index contributed by atoms with van der Waals surface area (Å²) in [4.78, 5) is 62.1. The van der Waals surface area contributed by atoms with Crippen LogP contribution in [-0.4, -0.2) is 112 Å². The molecule has 326 valence electrons. The Hall–Kier alpha value is -4.02. The normalized spacial score (nSPS) is 13.9. The van der Waals surface area contributed by atoms with Gasteiger partial charge in [-0.2, -0.15) is 0 Å². The number of amidine groups is 2. The van der Waals surface area contributed by atoms with Gasteiger partial charge in [-0.05, 0) is 41.5 Å². The van der Waals surface area contributed by atoms with E-state index in [4.69, 9.17) is 24.0 Å². The van der Waals surface area contributed by atoms with Crippen LogP contribution in [0.3, 0.4) is 0 Å². The fourth-order valence-electron chi connectivity index (χ4n) is 6.05. The first-order chi connectivity index (χ1) is 26.8. The van der Waals surface area contributed by atoms with Crippen molar-refractivity contribution in [1.29, 1.82) is 0 Å². The molecule has 59 heavy (non-hydrogen) atoms. The Labute approximate surface area is 355 Å². The van der Waals surface area contributed by atoms with Crippen molar-refractivity contribution in [3.05, 3.63) is 64.2 Å². The zero-order valence-electron chi connectivity index (χ0n) is 38.3. The van der Waals surface area contributed by atoms with E-state index in [0.29, 0.717) is 18.2 Å². The van der Waals surface area contributed by atoms with Crippen LogP contribution in [0, 0.1) is 6.92 Å². The fourth-order valence-corrected chi connectivity index (χ4v) is 9.49. The average Bonchev–Trinajstić information content (AvgIpc) is 3.00. The number of hydrogen-bond acceptors (Lipinski definition) is 14. The monoisotopic (exact) mass is 928 g/mol. The number of ether oxygens (including phenoxy) is 4. The van der Waals surface area contributed by atoms with Crippen molar-refractivity contribution in [2.45, 2.75) is 140 Å². The SMILES string of the molecule is Cc1cc(CN(CC(=O)OC(C)(C)C)CC(=O)OC(C)(C)C)cc(C2=NNC(c3cc(CN(CC(=O)OC(C)(C)C)CC(=O)OC(C)(C)C)c[c]([Sn]([CH3])([CH3])[CH3])c3)=NN2)c1. The van der Waals surface area contributed by atoms with Crippen LogP contribution in [0.4, 0.5) is 0 Å². The van der Waals surface area contributed by atoms with E-state index in [1.807, 2.05) is 72.7 Å². The van der Waals surface area contributed by atoms with Gasteiger partial charge in [-0.25, -0.2) is 0 Å². The summed E-state index contributed by atoms with van der Waals surface area (Å²) in [6.45, 7) is 23.8. The van der Waals surface area contributed by atoms with Crippen molar-refractivity contribution in [3.8, 4) is 0 Å². The molecule has 0 aromatic heterocycles. The quantitative estimate of drug-likeness (QED) is 0.127. The van der Waals surface area contributed by atoms with Crippen LogP contribution in [0.2, 0.25) is 14.8 Å². The molecule has 2 N–H and O–H groups in total. The fraction of sp³-hybridized carbons (Fsp3) is 0.591. The molecule has 1 heterocycles. The molecule has 2 aromatic rings. The van der Waals surface area contributed by atoms with Gasteiger partial charge in [0.15, 0.2) is 0 Å². The summed E-state index contributed by atoms with van der Waals surface area (Å²) in [5.74, 6) is -0.770. The van der Waals surface area contributed by atoms with Gasteiger partial charge in [0.1, 0.15) is 11.2 Å². The van der Waals surface area contributed by atoms with Gasteiger partial charge in [0.05, 0.1) is 13.1 Å². The van der Waals surface area contributed by atoms with Gasteiger partial charge in [-0.1, -0.05) is 0 Å². The number of nitrogens with one attached hydrogen (secondary N) is 2. The second-order valence-corrected chi connectivity index (χ2v) is 34.6. The van der Waals surface area contributed by atoms with E-state index in [-0.39, 0.29) is 32.7 Å². The van der Waals surface area contributed by atoms with Crippen molar-refractivity contribution in [2.75, 3.05) is 26.2 Å². The summed E-state index contributed by atoms with van der Waals surface area (Å²) in [6.07, 6.45) is 0. The summed E-state index contributed by atoms with van der Waals surface area (Å²) in [5.41, 5.74) is 7.81. The number of rotatable bonds is 15. The van der Waals surface area contributed by atoms with Crippen molar-refractivity contribution in [2.24, 2.45) is 10.2 Å². The molecule has 14 nitrogen and oxygen atoms in total. The summed E-state index contributed by atoms with van der Waals surface area (Å²) < 4.78 is 23.6. The number of carbonyl (C=O) groups is 4. The van der Waals surface area contributed by atoms with Crippen molar-refractivity contribution in [3.63, 3.8) is 0 Å². The predicted molar refractivity (Wildman–Crippen MR) is 234 cm³/mol. The molecule has 0 saturated heterocycles. The minimum absolute atomic E-state index is 0.0957. The predicted octanol–water partition coefficient (Wildman–Crippen LogP) is 5.73. The second-order valence-electron chi connectivity index (χ2n) is 20.2. The molecule has 0 radical (unpaired) electrons. The summed E-state index contributed by atoms with van der Waals surface area (Å²) >= 11 is -2.71. The van der Waals surface area contributed by atoms with Gasteiger partial charge in [0.2, 0.25) is 0 Å². The molecule has 0 fully saturated rings. The molecular weight excluding hydrogens is 859 g/mol. The Morgan fingerprint density at radius 2 is 0.847 bits per heavy atom. The number of esters is 4. The van der Waals surface area contributed by atoms with Gasteiger partial charge < -0.3 is 9.47 Å². The van der Waals surface area contributed by atoms with Crippen LogP contribution in [0.5, 0.6) is 0 Å². The second kappa shape index (κ2) is 19.6. The molecule has 1 aliphatic heterocycles. The van der Waals surface area contributed by atoms with Crippen molar-refractivity contribution < 1.29 is 38.1 Å². The first-order valence-electron chi connectivity index (χ1n) is 20.1. The zero-order valence-corrected chi connectivity index (χ0v) is 41.1. The number of benzene rings is 2. The van der Waals surface area contributed by atoms with Gasteiger partial charge >= 0.3 is 272 Å². The van der Waals surface area contributed by atoms with E-state index in [0.717, 1.165) is 27.8 Å². The number of carbonyl (C=O) groups excluding carboxylic acids is 4. The average molecular weight is 928 g/mol. The number of hydrogen-bond donors (Lipinski definition) is 2. The first kappa shape index (κ1) is 49.3. The number of aryl methyl sites for hydroxylation is 1. The third-order valence-corrected chi connectivity index (χ3v) is 13.8. The van der Waals surface area contributed by atoms with E-state index in [2.05, 4.69) is 42.9 Å². The van der Waals surface area contributed by atoms with Crippen molar-refractivity contribution in [1.82, 2.24) is 20.7 Å². The molecule has 0 atom stereocenters. The van der Waals surface area contributed by atoms with Crippen LogP contribution in [0.15, 0.2) is 46.6 Å². The van der Waals surface area contributed by atoms with Crippen LogP contribution in [0.25, 0.3) is 0 Å². The molecule has 2 aromatic carbocycles. The molecular formula is C44H68N6O8Sn. The molecule has 0 saturated carbocycles. The Bertz CT molecular complexity index is 1850. The maximum atomic E-state index is 13.0. The molecule has 0 unspecified atom stereocenters. The van der Waals surface area contributed by atoms with Gasteiger partial charge in [0, 0.05) is 0 Å². The topological polar surface area (TPSA) is 160 Å². The van der Waals surface area contributed by atoms with Crippen LogP contribution < -0.4 is 14.4 Å². The van der Waals surface area contributed by atoms with Crippen LogP contribution in [0.1, 0.15) is 111 Å². The first-order valence-corrected chi connectivity index (χ1v) is 30.1. The Balaban J connectivity index is 1.90. The Morgan fingerprint density at radius 3 is 1.15 bits per heavy atom. The number of nitrogens with zero attached hydrogens (tertiary/aromatic N) is 4. The minimum atomic E-state index is -2.71. The maximum absolute atomic E-state index is 13.0. The van der Waals surface area contributed by atoms with E-state index >= 15 is 0 Å². The standard InChI is InChI=1S/C41H59N6O8.3CH3.Sn/c1-27-17-29(22-47(25-34(50)54-40(8,9)10)26-35(51)55-41(11,12)13)20-31(18-27)37-44-42-36(43-45-37)30-16-14-15-28(19-30)21-46(23-32(48)52-38(2,3)4)24-33(49)53-39(5,6)7;;;;/h15-20H,21-26H2,1-13H3,(H,42,43)(H,44,45);3*1H3;. The third-order valence-electron chi connectivity index (χ3n) is 7.99. The van der Waals surface area contributed by atoms with E-state index in [9.17, 15) is 19.2 Å². The van der Waals surface area contributed by atoms with Crippen LogP contribution >= 0.6 is 0 Å². The molecule has 0 spiro atoms. The van der Waals surface area contributed by atoms with Gasteiger partial charge in [0.25, 0.3) is 0 Å². The van der Waals surface area contributed by atoms with Gasteiger partial charge in [-0.15, -0.1) is 0 Å². The van der Waals surface area contributed by atoms with Crippen LogP contribution in [-0.2, 0) is 51.2 Å². The van der Waals surface area contributed by atoms with Gasteiger partial charge in [-0.3, -0.25) is 9.59 Å². The molecule has 15 heteroatoms. The third kappa shape index (κ3) is 18.8. The molecule has 0 aliphatic carbocycles. The molecule has 3 rings (SSSR count). The molecule has 1 aliphatic rings. The summed E-state index contributed by atoms with van der Waals surface area (Å²) in [6, 6.07) is 12.2. The van der Waals surface area contributed by atoms with E-state index in [1.165, 1.54) is 3.58 Å². The summed E-state index contributed by atoms with van der Waals surface area (Å²) in [7, 11) is 0. The molecule has 0 amide bonds. The van der Waals surface area contributed by atoms with E-state index < -0.39 is 64.7 Å².